The molecular weight excluding hydrogens is 329 g/mol. The van der Waals surface area contributed by atoms with Gasteiger partial charge in [0.25, 0.3) is 0 Å². The SMILES string of the molecule is CC1(C)CCc2c(-c3cc(F)nc(NCC4CCCNC4)c3)n[nH]c2C1. The van der Waals surface area contributed by atoms with Crippen molar-refractivity contribution >= 4 is 5.82 Å². The van der Waals surface area contributed by atoms with Crippen molar-refractivity contribution in [3.8, 4) is 11.3 Å². The quantitative estimate of drug-likeness (QED) is 0.733. The molecule has 2 aromatic rings. The van der Waals surface area contributed by atoms with E-state index in [2.05, 4.69) is 39.7 Å². The minimum Gasteiger partial charge on any atom is -0.370 e. The molecule has 0 bridgehead atoms. The zero-order chi connectivity index (χ0) is 18.1. The van der Waals surface area contributed by atoms with Crippen LogP contribution in [0.4, 0.5) is 10.2 Å². The van der Waals surface area contributed by atoms with Crippen LogP contribution in [0.1, 0.15) is 44.4 Å². The van der Waals surface area contributed by atoms with Crippen molar-refractivity contribution in [2.75, 3.05) is 25.0 Å². The molecular formula is C20H28FN5. The van der Waals surface area contributed by atoms with Crippen LogP contribution in [0.5, 0.6) is 0 Å². The van der Waals surface area contributed by atoms with Gasteiger partial charge in [0, 0.05) is 29.4 Å². The molecule has 0 saturated carbocycles. The number of piperidine rings is 1. The first-order valence-electron chi connectivity index (χ1n) is 9.69. The van der Waals surface area contributed by atoms with Gasteiger partial charge in [-0.25, -0.2) is 4.98 Å². The van der Waals surface area contributed by atoms with Gasteiger partial charge in [-0.1, -0.05) is 13.8 Å². The molecule has 0 spiro atoms. The minimum absolute atomic E-state index is 0.293. The van der Waals surface area contributed by atoms with Crippen LogP contribution in [-0.4, -0.2) is 34.8 Å². The molecule has 0 aromatic carbocycles. The monoisotopic (exact) mass is 357 g/mol. The molecule has 2 aliphatic rings. The van der Waals surface area contributed by atoms with Crippen LogP contribution >= 0.6 is 0 Å². The fraction of sp³-hybridized carbons (Fsp3) is 0.600. The third kappa shape index (κ3) is 3.75. The highest BCUT2D eigenvalue weighted by Gasteiger charge is 2.29. The van der Waals surface area contributed by atoms with Gasteiger partial charge in [-0.3, -0.25) is 5.10 Å². The molecule has 5 nitrogen and oxygen atoms in total. The van der Waals surface area contributed by atoms with E-state index < -0.39 is 5.95 Å². The lowest BCUT2D eigenvalue weighted by atomic mass is 9.76. The molecule has 1 atom stereocenters. The van der Waals surface area contributed by atoms with Crippen molar-refractivity contribution in [3.05, 3.63) is 29.3 Å². The van der Waals surface area contributed by atoms with Gasteiger partial charge in [0.05, 0.1) is 5.69 Å². The van der Waals surface area contributed by atoms with E-state index in [9.17, 15) is 4.39 Å². The zero-order valence-corrected chi connectivity index (χ0v) is 15.7. The van der Waals surface area contributed by atoms with Crippen LogP contribution in [0.3, 0.4) is 0 Å². The Bertz CT molecular complexity index is 777. The lowest BCUT2D eigenvalue weighted by molar-refractivity contribution is 0.312. The van der Waals surface area contributed by atoms with Crippen LogP contribution in [-0.2, 0) is 12.8 Å². The fourth-order valence-corrected chi connectivity index (χ4v) is 4.16. The van der Waals surface area contributed by atoms with Crippen LogP contribution in [0.15, 0.2) is 12.1 Å². The highest BCUT2D eigenvalue weighted by Crippen LogP contribution is 2.38. The number of halogens is 1. The maximum Gasteiger partial charge on any atom is 0.215 e. The average Bonchev–Trinajstić information content (AvgIpc) is 3.02. The highest BCUT2D eigenvalue weighted by atomic mass is 19.1. The largest absolute Gasteiger partial charge is 0.370 e. The number of nitrogens with one attached hydrogen (secondary N) is 3. The lowest BCUT2D eigenvalue weighted by Gasteiger charge is -2.29. The first-order valence-corrected chi connectivity index (χ1v) is 9.69. The molecule has 140 valence electrons. The molecule has 1 aliphatic heterocycles. The molecule has 3 N–H and O–H groups in total. The number of nitrogens with zero attached hydrogens (tertiary/aromatic N) is 2. The Kier molecular flexibility index (Phi) is 4.69. The Labute approximate surface area is 154 Å². The predicted molar refractivity (Wildman–Crippen MR) is 102 cm³/mol. The van der Waals surface area contributed by atoms with E-state index in [4.69, 9.17) is 0 Å². The number of aromatic amines is 1. The van der Waals surface area contributed by atoms with E-state index in [0.29, 0.717) is 17.2 Å². The third-order valence-corrected chi connectivity index (χ3v) is 5.70. The Morgan fingerprint density at radius 1 is 1.35 bits per heavy atom. The Morgan fingerprint density at radius 3 is 3.04 bits per heavy atom. The molecule has 2 aromatic heterocycles. The molecule has 3 heterocycles. The smallest absolute Gasteiger partial charge is 0.215 e. The fourth-order valence-electron chi connectivity index (χ4n) is 4.16. The highest BCUT2D eigenvalue weighted by molar-refractivity contribution is 5.67. The Balaban J connectivity index is 1.54. The molecule has 0 amide bonds. The second kappa shape index (κ2) is 6.99. The van der Waals surface area contributed by atoms with Crippen LogP contribution in [0, 0.1) is 17.3 Å². The number of hydrogen-bond donors (Lipinski definition) is 3. The van der Waals surface area contributed by atoms with E-state index in [1.165, 1.54) is 30.2 Å². The van der Waals surface area contributed by atoms with Crippen molar-refractivity contribution < 1.29 is 4.39 Å². The van der Waals surface area contributed by atoms with Crippen LogP contribution < -0.4 is 10.6 Å². The minimum atomic E-state index is -0.459. The molecule has 1 unspecified atom stereocenters. The van der Waals surface area contributed by atoms with E-state index in [1.54, 1.807) is 0 Å². The number of pyridine rings is 1. The molecule has 0 radical (unpaired) electrons. The Morgan fingerprint density at radius 2 is 2.23 bits per heavy atom. The van der Waals surface area contributed by atoms with Gasteiger partial charge in [0.1, 0.15) is 5.82 Å². The van der Waals surface area contributed by atoms with Crippen LogP contribution in [0.25, 0.3) is 11.3 Å². The Hall–Kier alpha value is -1.95. The number of hydrogen-bond acceptors (Lipinski definition) is 4. The molecule has 1 saturated heterocycles. The summed E-state index contributed by atoms with van der Waals surface area (Å²) in [5.41, 5.74) is 4.40. The third-order valence-electron chi connectivity index (χ3n) is 5.70. The summed E-state index contributed by atoms with van der Waals surface area (Å²) in [5, 5.41) is 14.4. The second-order valence-electron chi connectivity index (χ2n) is 8.53. The number of H-pyrrole nitrogens is 1. The van der Waals surface area contributed by atoms with Gasteiger partial charge in [-0.05, 0) is 62.6 Å². The maximum atomic E-state index is 14.1. The van der Waals surface area contributed by atoms with Crippen molar-refractivity contribution in [2.24, 2.45) is 11.3 Å². The second-order valence-corrected chi connectivity index (χ2v) is 8.53. The summed E-state index contributed by atoms with van der Waals surface area (Å²) in [5.74, 6) is 0.704. The van der Waals surface area contributed by atoms with Crippen molar-refractivity contribution in [3.63, 3.8) is 0 Å². The standard InChI is InChI=1S/C20H28FN5/c1-20(2)6-5-15-16(10-20)25-26-19(15)14-8-17(21)24-18(9-14)23-12-13-4-3-7-22-11-13/h8-9,13,22H,3-7,10-12H2,1-2H3,(H,23,24)(H,25,26). The summed E-state index contributed by atoms with van der Waals surface area (Å²) in [6, 6.07) is 3.42. The summed E-state index contributed by atoms with van der Waals surface area (Å²) >= 11 is 0. The van der Waals surface area contributed by atoms with E-state index in [0.717, 1.165) is 50.2 Å². The maximum absolute atomic E-state index is 14.1. The first kappa shape index (κ1) is 17.5. The zero-order valence-electron chi connectivity index (χ0n) is 15.7. The molecule has 26 heavy (non-hydrogen) atoms. The molecule has 1 fully saturated rings. The number of rotatable bonds is 4. The van der Waals surface area contributed by atoms with E-state index in [-0.39, 0.29) is 0 Å². The normalized spacial score (nSPS) is 22.0. The summed E-state index contributed by atoms with van der Waals surface area (Å²) < 4.78 is 14.1. The van der Waals surface area contributed by atoms with Gasteiger partial charge >= 0.3 is 0 Å². The summed E-state index contributed by atoms with van der Waals surface area (Å²) in [6.45, 7) is 7.49. The van der Waals surface area contributed by atoms with Crippen molar-refractivity contribution in [1.29, 1.82) is 0 Å². The van der Waals surface area contributed by atoms with Crippen molar-refractivity contribution in [1.82, 2.24) is 20.5 Å². The van der Waals surface area contributed by atoms with Gasteiger partial charge in [-0.2, -0.15) is 9.49 Å². The lowest BCUT2D eigenvalue weighted by Crippen LogP contribution is -2.33. The summed E-state index contributed by atoms with van der Waals surface area (Å²) in [6.07, 6.45) is 5.49. The van der Waals surface area contributed by atoms with Gasteiger partial charge in [0.15, 0.2) is 0 Å². The van der Waals surface area contributed by atoms with E-state index >= 15 is 0 Å². The summed E-state index contributed by atoms with van der Waals surface area (Å²) in [4.78, 5) is 4.03. The van der Waals surface area contributed by atoms with Crippen molar-refractivity contribution in [2.45, 2.75) is 46.0 Å². The average molecular weight is 357 g/mol. The summed E-state index contributed by atoms with van der Waals surface area (Å²) in [7, 11) is 0. The molecule has 4 rings (SSSR count). The van der Waals surface area contributed by atoms with Gasteiger partial charge in [0.2, 0.25) is 5.95 Å². The topological polar surface area (TPSA) is 65.6 Å². The predicted octanol–water partition coefficient (Wildman–Crippen LogP) is 3.54. The van der Waals surface area contributed by atoms with Gasteiger partial charge < -0.3 is 10.6 Å². The number of fused-ring (bicyclic) bond motifs is 1. The van der Waals surface area contributed by atoms with E-state index in [1.807, 2.05) is 6.07 Å². The van der Waals surface area contributed by atoms with Gasteiger partial charge in [-0.15, -0.1) is 0 Å². The number of anilines is 1. The van der Waals surface area contributed by atoms with Crippen LogP contribution in [0.2, 0.25) is 0 Å². The molecule has 6 heteroatoms. The molecule has 1 aliphatic carbocycles. The first-order chi connectivity index (χ1) is 12.5. The number of aromatic nitrogens is 3.